The predicted octanol–water partition coefficient (Wildman–Crippen LogP) is 2.32. The van der Waals surface area contributed by atoms with E-state index < -0.39 is 6.16 Å². The van der Waals surface area contributed by atoms with Crippen molar-refractivity contribution in [3.05, 3.63) is 35.1 Å². The number of ether oxygens (including phenoxy) is 2. The third-order valence-electron chi connectivity index (χ3n) is 3.84. The van der Waals surface area contributed by atoms with Crippen LogP contribution in [0.3, 0.4) is 0 Å². The lowest BCUT2D eigenvalue weighted by Crippen LogP contribution is -2.45. The third kappa shape index (κ3) is 4.19. The van der Waals surface area contributed by atoms with Gasteiger partial charge in [0.25, 0.3) is 0 Å². The van der Waals surface area contributed by atoms with Crippen LogP contribution in [0, 0.1) is 5.82 Å². The van der Waals surface area contributed by atoms with Gasteiger partial charge in [-0.25, -0.2) is 9.18 Å². The SMILES string of the molecule is COC(=O)OCCN(C(C)=O)C(=S)NC1CCc2c(F)cccc21. The highest BCUT2D eigenvalue weighted by molar-refractivity contribution is 7.80. The van der Waals surface area contributed by atoms with Crippen molar-refractivity contribution in [2.45, 2.75) is 25.8 Å². The van der Waals surface area contributed by atoms with Crippen molar-refractivity contribution in [1.82, 2.24) is 10.2 Å². The highest BCUT2D eigenvalue weighted by Crippen LogP contribution is 2.32. The smallest absolute Gasteiger partial charge is 0.438 e. The maximum Gasteiger partial charge on any atom is 0.508 e. The largest absolute Gasteiger partial charge is 0.508 e. The first kappa shape index (κ1) is 18.1. The van der Waals surface area contributed by atoms with E-state index in [9.17, 15) is 14.0 Å². The molecule has 0 bridgehead atoms. The summed E-state index contributed by atoms with van der Waals surface area (Å²) in [5, 5.41) is 3.31. The second-order valence-corrected chi connectivity index (χ2v) is 5.71. The van der Waals surface area contributed by atoms with Gasteiger partial charge in [-0.2, -0.15) is 0 Å². The molecule has 130 valence electrons. The van der Waals surface area contributed by atoms with Crippen molar-refractivity contribution < 1.29 is 23.5 Å². The van der Waals surface area contributed by atoms with E-state index in [4.69, 9.17) is 17.0 Å². The van der Waals surface area contributed by atoms with Gasteiger partial charge in [-0.3, -0.25) is 9.69 Å². The number of nitrogens with zero attached hydrogens (tertiary/aromatic N) is 1. The normalized spacial score (nSPS) is 15.4. The molecule has 1 aromatic rings. The molecule has 1 aliphatic carbocycles. The Bertz CT molecular complexity index is 653. The van der Waals surface area contributed by atoms with Crippen LogP contribution in [0.5, 0.6) is 0 Å². The minimum absolute atomic E-state index is 0.0377. The molecule has 0 radical (unpaired) electrons. The van der Waals surface area contributed by atoms with Crippen molar-refractivity contribution in [3.63, 3.8) is 0 Å². The third-order valence-corrected chi connectivity index (χ3v) is 4.18. The van der Waals surface area contributed by atoms with Crippen LogP contribution >= 0.6 is 12.2 Å². The summed E-state index contributed by atoms with van der Waals surface area (Å²) >= 11 is 5.29. The van der Waals surface area contributed by atoms with E-state index >= 15 is 0 Å². The molecule has 1 atom stereocenters. The molecule has 1 amide bonds. The van der Waals surface area contributed by atoms with Crippen LogP contribution in [0.1, 0.15) is 30.5 Å². The van der Waals surface area contributed by atoms with E-state index in [0.29, 0.717) is 18.4 Å². The van der Waals surface area contributed by atoms with E-state index in [1.165, 1.54) is 25.0 Å². The molecular formula is C16H19FN2O4S. The fourth-order valence-electron chi connectivity index (χ4n) is 2.67. The average Bonchev–Trinajstić information content (AvgIpc) is 2.95. The van der Waals surface area contributed by atoms with Gasteiger partial charge in [0.1, 0.15) is 12.4 Å². The van der Waals surface area contributed by atoms with E-state index in [1.807, 2.05) is 6.07 Å². The number of halogens is 1. The fourth-order valence-corrected chi connectivity index (χ4v) is 3.03. The number of nitrogens with one attached hydrogen (secondary N) is 1. The van der Waals surface area contributed by atoms with Crippen molar-refractivity contribution in [3.8, 4) is 0 Å². The Morgan fingerprint density at radius 3 is 2.88 bits per heavy atom. The second-order valence-electron chi connectivity index (χ2n) is 5.32. The molecule has 6 nitrogen and oxygen atoms in total. The molecule has 0 aromatic heterocycles. The van der Waals surface area contributed by atoms with E-state index in [-0.39, 0.29) is 36.0 Å². The Hall–Kier alpha value is -2.22. The Morgan fingerprint density at radius 1 is 1.46 bits per heavy atom. The highest BCUT2D eigenvalue weighted by Gasteiger charge is 2.27. The van der Waals surface area contributed by atoms with Gasteiger partial charge in [-0.1, -0.05) is 12.1 Å². The summed E-state index contributed by atoms with van der Waals surface area (Å²) < 4.78 is 22.9. The first-order chi connectivity index (χ1) is 11.4. The quantitative estimate of drug-likeness (QED) is 0.661. The molecule has 8 heteroatoms. The monoisotopic (exact) mass is 354 g/mol. The molecule has 0 spiro atoms. The van der Waals surface area contributed by atoms with Crippen molar-refractivity contribution >= 4 is 29.4 Å². The molecule has 0 saturated heterocycles. The summed E-state index contributed by atoms with van der Waals surface area (Å²) in [6.45, 7) is 1.44. The zero-order chi connectivity index (χ0) is 17.7. The fraction of sp³-hybridized carbons (Fsp3) is 0.438. The lowest BCUT2D eigenvalue weighted by molar-refractivity contribution is -0.125. The molecule has 1 unspecified atom stereocenters. The average molecular weight is 354 g/mol. The first-order valence-electron chi connectivity index (χ1n) is 7.50. The van der Waals surface area contributed by atoms with Crippen LogP contribution < -0.4 is 5.32 Å². The van der Waals surface area contributed by atoms with Crippen molar-refractivity contribution in [2.75, 3.05) is 20.3 Å². The summed E-state index contributed by atoms with van der Waals surface area (Å²) in [6, 6.07) is 4.80. The second kappa shape index (κ2) is 8.05. The number of carbonyl (C=O) groups excluding carboxylic acids is 2. The topological polar surface area (TPSA) is 67.9 Å². The molecule has 24 heavy (non-hydrogen) atoms. The number of benzene rings is 1. The van der Waals surface area contributed by atoms with Crippen molar-refractivity contribution in [2.24, 2.45) is 0 Å². The van der Waals surface area contributed by atoms with Crippen LogP contribution in [0.15, 0.2) is 18.2 Å². The summed E-state index contributed by atoms with van der Waals surface area (Å²) in [7, 11) is 1.20. The number of amides is 1. The Kier molecular flexibility index (Phi) is 6.08. The standard InChI is InChI=1S/C16H19FN2O4S/c1-10(20)19(8-9-23-16(21)22-2)15(24)18-14-7-6-11-12(14)4-3-5-13(11)17/h3-5,14H,6-9H2,1-2H3,(H,18,24). The van der Waals surface area contributed by atoms with Crippen LogP contribution in [0.4, 0.5) is 9.18 Å². The molecule has 0 saturated carbocycles. The van der Waals surface area contributed by atoms with Gasteiger partial charge in [0.15, 0.2) is 5.11 Å². The number of thiocarbonyl (C=S) groups is 1. The van der Waals surface area contributed by atoms with Gasteiger partial charge in [0.2, 0.25) is 5.91 Å². The predicted molar refractivity (Wildman–Crippen MR) is 88.9 cm³/mol. The lowest BCUT2D eigenvalue weighted by Gasteiger charge is -2.25. The van der Waals surface area contributed by atoms with E-state index in [2.05, 4.69) is 10.1 Å². The van der Waals surface area contributed by atoms with Crippen LogP contribution in [-0.4, -0.2) is 42.3 Å². The van der Waals surface area contributed by atoms with E-state index in [0.717, 1.165) is 5.56 Å². The molecule has 0 heterocycles. The van der Waals surface area contributed by atoms with Crippen LogP contribution in [0.25, 0.3) is 0 Å². The minimum Gasteiger partial charge on any atom is -0.438 e. The van der Waals surface area contributed by atoms with Gasteiger partial charge in [0, 0.05) is 6.92 Å². The zero-order valence-electron chi connectivity index (χ0n) is 13.5. The maximum atomic E-state index is 13.8. The van der Waals surface area contributed by atoms with Gasteiger partial charge in [-0.15, -0.1) is 0 Å². The number of hydrogen-bond donors (Lipinski definition) is 1. The number of rotatable bonds is 4. The van der Waals surface area contributed by atoms with Gasteiger partial charge in [-0.05, 0) is 42.3 Å². The van der Waals surface area contributed by atoms with Crippen molar-refractivity contribution in [1.29, 1.82) is 0 Å². The minimum atomic E-state index is -0.822. The van der Waals surface area contributed by atoms with E-state index in [1.54, 1.807) is 6.07 Å². The lowest BCUT2D eigenvalue weighted by atomic mass is 10.1. The zero-order valence-corrected chi connectivity index (χ0v) is 14.3. The highest BCUT2D eigenvalue weighted by atomic mass is 32.1. The Morgan fingerprint density at radius 2 is 2.21 bits per heavy atom. The molecule has 1 aliphatic rings. The van der Waals surface area contributed by atoms with Gasteiger partial charge < -0.3 is 14.8 Å². The number of fused-ring (bicyclic) bond motifs is 1. The Labute approximate surface area is 144 Å². The molecule has 0 aliphatic heterocycles. The summed E-state index contributed by atoms with van der Waals surface area (Å²) in [6.07, 6.45) is 0.492. The number of carbonyl (C=O) groups is 2. The van der Waals surface area contributed by atoms with Gasteiger partial charge >= 0.3 is 6.16 Å². The molecule has 2 rings (SSSR count). The van der Waals surface area contributed by atoms with Gasteiger partial charge in [0.05, 0.1) is 19.7 Å². The molecule has 1 N–H and O–H groups in total. The summed E-state index contributed by atoms with van der Waals surface area (Å²) in [4.78, 5) is 24.0. The molecule has 1 aromatic carbocycles. The molecule has 0 fully saturated rings. The van der Waals surface area contributed by atoms with Crippen LogP contribution in [0.2, 0.25) is 0 Å². The Balaban J connectivity index is 1.98. The number of hydrogen-bond acceptors (Lipinski definition) is 5. The number of methoxy groups -OCH3 is 1. The maximum absolute atomic E-state index is 13.8. The molecular weight excluding hydrogens is 335 g/mol. The summed E-state index contributed by atoms with van der Waals surface area (Å²) in [5.41, 5.74) is 1.54. The first-order valence-corrected chi connectivity index (χ1v) is 7.91. The van der Waals surface area contributed by atoms with Crippen LogP contribution in [-0.2, 0) is 20.7 Å². The summed E-state index contributed by atoms with van der Waals surface area (Å²) in [5.74, 6) is -0.504.